The van der Waals surface area contributed by atoms with Gasteiger partial charge in [-0.3, -0.25) is 0 Å². The SMILES string of the molecule is CNCC1CCCCC1c1cccc(C)c1. The summed E-state index contributed by atoms with van der Waals surface area (Å²) in [7, 11) is 2.07. The van der Waals surface area contributed by atoms with Crippen molar-refractivity contribution in [1.82, 2.24) is 5.32 Å². The van der Waals surface area contributed by atoms with Gasteiger partial charge in [-0.15, -0.1) is 0 Å². The average molecular weight is 217 g/mol. The molecule has 0 aliphatic heterocycles. The van der Waals surface area contributed by atoms with Gasteiger partial charge in [0.1, 0.15) is 0 Å². The molecule has 16 heavy (non-hydrogen) atoms. The van der Waals surface area contributed by atoms with Crippen molar-refractivity contribution in [1.29, 1.82) is 0 Å². The second-order valence-corrected chi connectivity index (χ2v) is 5.12. The maximum absolute atomic E-state index is 3.35. The average Bonchev–Trinajstić information content (AvgIpc) is 2.30. The number of nitrogens with one attached hydrogen (secondary N) is 1. The molecular formula is C15H23N. The van der Waals surface area contributed by atoms with Gasteiger partial charge in [0.25, 0.3) is 0 Å². The minimum Gasteiger partial charge on any atom is -0.319 e. The van der Waals surface area contributed by atoms with Crippen molar-refractivity contribution in [3.05, 3.63) is 35.4 Å². The zero-order chi connectivity index (χ0) is 11.4. The molecule has 1 aromatic carbocycles. The molecule has 1 nitrogen and oxygen atoms in total. The van der Waals surface area contributed by atoms with Crippen LogP contribution in [0.5, 0.6) is 0 Å². The number of hydrogen-bond donors (Lipinski definition) is 1. The van der Waals surface area contributed by atoms with Crippen molar-refractivity contribution >= 4 is 0 Å². The van der Waals surface area contributed by atoms with Crippen LogP contribution in [0.15, 0.2) is 24.3 Å². The zero-order valence-electron chi connectivity index (χ0n) is 10.5. The first kappa shape index (κ1) is 11.7. The third kappa shape index (κ3) is 2.65. The van der Waals surface area contributed by atoms with E-state index in [4.69, 9.17) is 0 Å². The Balaban J connectivity index is 2.16. The monoisotopic (exact) mass is 217 g/mol. The van der Waals surface area contributed by atoms with Gasteiger partial charge in [0.15, 0.2) is 0 Å². The zero-order valence-corrected chi connectivity index (χ0v) is 10.5. The van der Waals surface area contributed by atoms with E-state index in [1.807, 2.05) is 0 Å². The first-order valence-corrected chi connectivity index (χ1v) is 6.52. The second-order valence-electron chi connectivity index (χ2n) is 5.12. The minimum atomic E-state index is 0.779. The van der Waals surface area contributed by atoms with Crippen LogP contribution in [0.2, 0.25) is 0 Å². The lowest BCUT2D eigenvalue weighted by Gasteiger charge is -2.32. The lowest BCUT2D eigenvalue weighted by atomic mass is 9.75. The third-order valence-corrected chi connectivity index (χ3v) is 3.85. The molecule has 2 unspecified atom stereocenters. The van der Waals surface area contributed by atoms with E-state index in [-0.39, 0.29) is 0 Å². The van der Waals surface area contributed by atoms with Gasteiger partial charge >= 0.3 is 0 Å². The van der Waals surface area contributed by atoms with Gasteiger partial charge in [-0.1, -0.05) is 42.7 Å². The van der Waals surface area contributed by atoms with Crippen molar-refractivity contribution in [3.8, 4) is 0 Å². The van der Waals surface area contributed by atoms with Gasteiger partial charge in [-0.25, -0.2) is 0 Å². The first-order chi connectivity index (χ1) is 7.81. The van der Waals surface area contributed by atoms with Crippen molar-refractivity contribution in [3.63, 3.8) is 0 Å². The molecule has 1 heteroatoms. The molecule has 1 fully saturated rings. The van der Waals surface area contributed by atoms with Gasteiger partial charge in [0.2, 0.25) is 0 Å². The molecule has 0 aromatic heterocycles. The lowest BCUT2D eigenvalue weighted by Crippen LogP contribution is -2.27. The van der Waals surface area contributed by atoms with E-state index >= 15 is 0 Å². The Morgan fingerprint density at radius 2 is 2.06 bits per heavy atom. The number of benzene rings is 1. The molecular weight excluding hydrogens is 194 g/mol. The van der Waals surface area contributed by atoms with Crippen LogP contribution in [0.1, 0.15) is 42.7 Å². The van der Waals surface area contributed by atoms with Crippen molar-refractivity contribution in [2.75, 3.05) is 13.6 Å². The first-order valence-electron chi connectivity index (χ1n) is 6.52. The van der Waals surface area contributed by atoms with E-state index in [1.165, 1.54) is 37.8 Å². The normalized spacial score (nSPS) is 25.6. The maximum atomic E-state index is 3.35. The third-order valence-electron chi connectivity index (χ3n) is 3.85. The van der Waals surface area contributed by atoms with Crippen molar-refractivity contribution in [2.24, 2.45) is 5.92 Å². The van der Waals surface area contributed by atoms with Gasteiger partial charge in [-0.05, 0) is 50.8 Å². The largest absolute Gasteiger partial charge is 0.319 e. The highest BCUT2D eigenvalue weighted by Crippen LogP contribution is 2.37. The van der Waals surface area contributed by atoms with Gasteiger partial charge in [0, 0.05) is 0 Å². The van der Waals surface area contributed by atoms with Gasteiger partial charge in [-0.2, -0.15) is 0 Å². The summed E-state index contributed by atoms with van der Waals surface area (Å²) in [6.45, 7) is 3.36. The summed E-state index contributed by atoms with van der Waals surface area (Å²) in [5, 5.41) is 3.35. The Kier molecular flexibility index (Phi) is 4.00. The Morgan fingerprint density at radius 1 is 1.25 bits per heavy atom. The molecule has 2 atom stereocenters. The van der Waals surface area contributed by atoms with Crippen LogP contribution >= 0.6 is 0 Å². The predicted octanol–water partition coefficient (Wildman–Crippen LogP) is 3.49. The molecule has 1 N–H and O–H groups in total. The molecule has 88 valence electrons. The summed E-state index contributed by atoms with van der Waals surface area (Å²) in [5.41, 5.74) is 2.95. The Morgan fingerprint density at radius 3 is 2.81 bits per heavy atom. The quantitative estimate of drug-likeness (QED) is 0.817. The molecule has 1 aliphatic rings. The Hall–Kier alpha value is -0.820. The Bertz CT molecular complexity index is 330. The van der Waals surface area contributed by atoms with E-state index in [9.17, 15) is 0 Å². The van der Waals surface area contributed by atoms with Gasteiger partial charge < -0.3 is 5.32 Å². The molecule has 2 rings (SSSR count). The van der Waals surface area contributed by atoms with E-state index in [2.05, 4.69) is 43.6 Å². The van der Waals surface area contributed by atoms with E-state index < -0.39 is 0 Å². The predicted molar refractivity (Wildman–Crippen MR) is 69.8 cm³/mol. The molecule has 1 aliphatic carbocycles. The van der Waals surface area contributed by atoms with Gasteiger partial charge in [0.05, 0.1) is 0 Å². The topological polar surface area (TPSA) is 12.0 Å². The van der Waals surface area contributed by atoms with E-state index in [0.717, 1.165) is 11.8 Å². The summed E-state index contributed by atoms with van der Waals surface area (Å²) in [6, 6.07) is 9.08. The van der Waals surface area contributed by atoms with Crippen LogP contribution in [0.25, 0.3) is 0 Å². The van der Waals surface area contributed by atoms with Crippen molar-refractivity contribution in [2.45, 2.75) is 38.5 Å². The number of rotatable bonds is 3. The molecule has 0 heterocycles. The summed E-state index contributed by atoms with van der Waals surface area (Å²) >= 11 is 0. The summed E-state index contributed by atoms with van der Waals surface area (Å²) in [4.78, 5) is 0. The van der Waals surface area contributed by atoms with E-state index in [0.29, 0.717) is 0 Å². The maximum Gasteiger partial charge on any atom is -0.00177 e. The molecule has 1 aromatic rings. The van der Waals surface area contributed by atoms with Crippen LogP contribution in [0.3, 0.4) is 0 Å². The number of aryl methyl sites for hydroxylation is 1. The molecule has 0 spiro atoms. The van der Waals surface area contributed by atoms with Crippen LogP contribution in [0, 0.1) is 12.8 Å². The van der Waals surface area contributed by atoms with Crippen LogP contribution in [-0.4, -0.2) is 13.6 Å². The minimum absolute atomic E-state index is 0.779. The molecule has 0 amide bonds. The highest BCUT2D eigenvalue weighted by Gasteiger charge is 2.25. The summed E-state index contributed by atoms with van der Waals surface area (Å²) < 4.78 is 0. The van der Waals surface area contributed by atoms with Crippen LogP contribution in [0.4, 0.5) is 0 Å². The lowest BCUT2D eigenvalue weighted by molar-refractivity contribution is 0.301. The second kappa shape index (κ2) is 5.49. The highest BCUT2D eigenvalue weighted by atomic mass is 14.8. The summed E-state index contributed by atoms with van der Waals surface area (Å²) in [5.74, 6) is 1.61. The molecule has 0 bridgehead atoms. The van der Waals surface area contributed by atoms with Crippen LogP contribution < -0.4 is 5.32 Å². The standard InChI is InChI=1S/C15H23N/c1-12-6-5-8-13(10-12)15-9-4-3-7-14(15)11-16-2/h5-6,8,10,14-16H,3-4,7,9,11H2,1-2H3. The highest BCUT2D eigenvalue weighted by molar-refractivity contribution is 5.26. The van der Waals surface area contributed by atoms with E-state index in [1.54, 1.807) is 5.56 Å². The molecule has 1 saturated carbocycles. The summed E-state index contributed by atoms with van der Waals surface area (Å²) in [6.07, 6.45) is 5.57. The molecule has 0 radical (unpaired) electrons. The van der Waals surface area contributed by atoms with Crippen molar-refractivity contribution < 1.29 is 0 Å². The fraction of sp³-hybridized carbons (Fsp3) is 0.600. The molecule has 0 saturated heterocycles. The fourth-order valence-corrected chi connectivity index (χ4v) is 3.05. The number of hydrogen-bond acceptors (Lipinski definition) is 1. The smallest absolute Gasteiger partial charge is 0.00177 e. The Labute approximate surface area is 99.3 Å². The van der Waals surface area contributed by atoms with Crippen LogP contribution in [-0.2, 0) is 0 Å². The fourth-order valence-electron chi connectivity index (χ4n) is 3.05.